The summed E-state index contributed by atoms with van der Waals surface area (Å²) in [7, 11) is 0. The molecule has 0 unspecified atom stereocenters. The summed E-state index contributed by atoms with van der Waals surface area (Å²) in [6.45, 7) is 13.2. The maximum absolute atomic E-state index is 12.1. The lowest BCUT2D eigenvalue weighted by molar-refractivity contribution is 0.0460. The molecule has 0 aliphatic heterocycles. The number of rotatable bonds is 3. The Morgan fingerprint density at radius 2 is 1.81 bits per heavy atom. The first-order valence-corrected chi connectivity index (χ1v) is 7.74. The molecule has 21 heavy (non-hydrogen) atoms. The Morgan fingerprint density at radius 3 is 2.33 bits per heavy atom. The summed E-state index contributed by atoms with van der Waals surface area (Å²) in [4.78, 5) is 12.1. The number of aromatic nitrogens is 3. The summed E-state index contributed by atoms with van der Waals surface area (Å²) in [6.07, 6.45) is 3.25. The molecule has 118 valence electrons. The lowest BCUT2D eigenvalue weighted by Gasteiger charge is -2.45. The van der Waals surface area contributed by atoms with E-state index in [9.17, 15) is 4.79 Å². The fourth-order valence-electron chi connectivity index (χ4n) is 4.11. The van der Waals surface area contributed by atoms with Crippen LogP contribution in [0.2, 0.25) is 0 Å². The van der Waals surface area contributed by atoms with Gasteiger partial charge >= 0.3 is 5.97 Å². The van der Waals surface area contributed by atoms with E-state index in [1.165, 1.54) is 6.42 Å². The number of hydrogen-bond acceptors (Lipinski definition) is 4. The van der Waals surface area contributed by atoms with Crippen molar-refractivity contribution in [3.63, 3.8) is 0 Å². The molecule has 0 saturated heterocycles. The van der Waals surface area contributed by atoms with Crippen molar-refractivity contribution in [2.24, 2.45) is 10.8 Å². The minimum atomic E-state index is -0.376. The molecule has 0 N–H and O–H groups in total. The Bertz CT molecular complexity index is 516. The first-order valence-electron chi connectivity index (χ1n) is 7.74. The zero-order valence-corrected chi connectivity index (χ0v) is 14.1. The van der Waals surface area contributed by atoms with Gasteiger partial charge in [0.25, 0.3) is 0 Å². The van der Waals surface area contributed by atoms with E-state index < -0.39 is 0 Å². The van der Waals surface area contributed by atoms with Gasteiger partial charge in [-0.1, -0.05) is 27.7 Å². The minimum Gasteiger partial charge on any atom is -0.460 e. The van der Waals surface area contributed by atoms with Gasteiger partial charge in [-0.3, -0.25) is 0 Å². The number of carbonyl (C=O) groups is 1. The van der Waals surface area contributed by atoms with Crippen molar-refractivity contribution in [3.05, 3.63) is 11.6 Å². The highest BCUT2D eigenvalue weighted by atomic mass is 16.5. The molecule has 0 atom stereocenters. The van der Waals surface area contributed by atoms with Gasteiger partial charge in [-0.15, -0.1) is 10.2 Å². The molecular weight excluding hydrogens is 266 g/mol. The molecule has 2 rings (SSSR count). The molecule has 5 heteroatoms. The first kappa shape index (κ1) is 16.0. The molecule has 0 bridgehead atoms. The third-order valence-electron chi connectivity index (χ3n) is 4.22. The Balaban J connectivity index is 2.37. The van der Waals surface area contributed by atoms with Crippen molar-refractivity contribution < 1.29 is 9.53 Å². The van der Waals surface area contributed by atoms with Gasteiger partial charge in [0.2, 0.25) is 5.82 Å². The molecule has 1 fully saturated rings. The average Bonchev–Trinajstić information content (AvgIpc) is 2.67. The van der Waals surface area contributed by atoms with Crippen molar-refractivity contribution in [2.75, 3.05) is 6.61 Å². The lowest BCUT2D eigenvalue weighted by atomic mass is 9.63. The van der Waals surface area contributed by atoms with Crippen LogP contribution >= 0.6 is 0 Å². The van der Waals surface area contributed by atoms with Gasteiger partial charge < -0.3 is 9.30 Å². The highest BCUT2D eigenvalue weighted by Gasteiger charge is 2.40. The molecule has 1 aromatic heterocycles. The Kier molecular flexibility index (Phi) is 4.13. The summed E-state index contributed by atoms with van der Waals surface area (Å²) in [5.41, 5.74) is 0.490. The van der Waals surface area contributed by atoms with Gasteiger partial charge in [-0.25, -0.2) is 4.79 Å². The highest BCUT2D eigenvalue weighted by Crippen LogP contribution is 2.50. The SMILES string of the molecule is CCOC(=O)c1nnc(C)n1C1CC(C)(C)CC(C)(C)C1. The number of esters is 1. The second kappa shape index (κ2) is 5.43. The Labute approximate surface area is 127 Å². The molecule has 5 nitrogen and oxygen atoms in total. The molecule has 1 heterocycles. The number of carbonyl (C=O) groups excluding carboxylic acids is 1. The van der Waals surface area contributed by atoms with E-state index in [1.807, 2.05) is 11.5 Å². The van der Waals surface area contributed by atoms with E-state index in [0.29, 0.717) is 12.4 Å². The summed E-state index contributed by atoms with van der Waals surface area (Å²) in [5, 5.41) is 8.15. The lowest BCUT2D eigenvalue weighted by Crippen LogP contribution is -2.36. The molecule has 0 radical (unpaired) electrons. The van der Waals surface area contributed by atoms with E-state index >= 15 is 0 Å². The van der Waals surface area contributed by atoms with Crippen LogP contribution in [0.5, 0.6) is 0 Å². The van der Waals surface area contributed by atoms with Gasteiger partial charge in [0.15, 0.2) is 0 Å². The number of aryl methyl sites for hydroxylation is 1. The fraction of sp³-hybridized carbons (Fsp3) is 0.812. The maximum atomic E-state index is 12.1. The van der Waals surface area contributed by atoms with Gasteiger partial charge in [-0.2, -0.15) is 0 Å². The van der Waals surface area contributed by atoms with Crippen molar-refractivity contribution >= 4 is 5.97 Å². The second-order valence-corrected chi connectivity index (χ2v) is 7.73. The monoisotopic (exact) mass is 293 g/mol. The van der Waals surface area contributed by atoms with Gasteiger partial charge in [0, 0.05) is 6.04 Å². The Hall–Kier alpha value is -1.39. The van der Waals surface area contributed by atoms with Crippen LogP contribution in [0, 0.1) is 17.8 Å². The number of nitrogens with zero attached hydrogens (tertiary/aromatic N) is 3. The molecule has 1 saturated carbocycles. The van der Waals surface area contributed by atoms with Gasteiger partial charge in [0.05, 0.1) is 6.61 Å². The zero-order valence-electron chi connectivity index (χ0n) is 14.1. The normalized spacial score (nSPS) is 21.2. The predicted molar refractivity (Wildman–Crippen MR) is 81.2 cm³/mol. The maximum Gasteiger partial charge on any atom is 0.376 e. The van der Waals surface area contributed by atoms with Crippen LogP contribution < -0.4 is 0 Å². The van der Waals surface area contributed by atoms with E-state index in [1.54, 1.807) is 6.92 Å². The van der Waals surface area contributed by atoms with Crippen molar-refractivity contribution in [3.8, 4) is 0 Å². The third kappa shape index (κ3) is 3.44. The van der Waals surface area contributed by atoms with Crippen LogP contribution in [-0.4, -0.2) is 27.3 Å². The molecule has 0 aromatic carbocycles. The topological polar surface area (TPSA) is 57.0 Å². The molecule has 0 amide bonds. The average molecular weight is 293 g/mol. The Morgan fingerprint density at radius 1 is 1.24 bits per heavy atom. The third-order valence-corrected chi connectivity index (χ3v) is 4.22. The van der Waals surface area contributed by atoms with Crippen LogP contribution in [0.4, 0.5) is 0 Å². The summed E-state index contributed by atoms with van der Waals surface area (Å²) >= 11 is 0. The van der Waals surface area contributed by atoms with Crippen molar-refractivity contribution in [1.82, 2.24) is 14.8 Å². The van der Waals surface area contributed by atoms with Crippen LogP contribution in [-0.2, 0) is 4.74 Å². The number of ether oxygens (including phenoxy) is 1. The first-order chi connectivity index (χ1) is 9.65. The summed E-state index contributed by atoms with van der Waals surface area (Å²) in [6, 6.07) is 0.248. The summed E-state index contributed by atoms with van der Waals surface area (Å²) < 4.78 is 7.10. The number of hydrogen-bond donors (Lipinski definition) is 0. The highest BCUT2D eigenvalue weighted by molar-refractivity contribution is 5.85. The molecule has 1 aliphatic rings. The molecule has 1 aromatic rings. The molecule has 0 spiro atoms. The molecular formula is C16H27N3O2. The smallest absolute Gasteiger partial charge is 0.376 e. The van der Waals surface area contributed by atoms with E-state index in [4.69, 9.17) is 4.74 Å². The standard InChI is InChI=1S/C16H27N3O2/c1-7-21-14(20)13-18-17-11(2)19(13)12-8-15(3,4)10-16(5,6)9-12/h12H,7-10H2,1-6H3. The van der Waals surface area contributed by atoms with Crippen LogP contribution in [0.3, 0.4) is 0 Å². The van der Waals surface area contributed by atoms with E-state index in [-0.39, 0.29) is 22.8 Å². The van der Waals surface area contributed by atoms with Crippen LogP contribution in [0.25, 0.3) is 0 Å². The second-order valence-electron chi connectivity index (χ2n) is 7.73. The van der Waals surface area contributed by atoms with Crippen molar-refractivity contribution in [2.45, 2.75) is 66.8 Å². The fourth-order valence-corrected chi connectivity index (χ4v) is 4.11. The predicted octanol–water partition coefficient (Wildman–Crippen LogP) is 3.54. The van der Waals surface area contributed by atoms with E-state index in [2.05, 4.69) is 37.9 Å². The van der Waals surface area contributed by atoms with Crippen molar-refractivity contribution in [1.29, 1.82) is 0 Å². The van der Waals surface area contributed by atoms with Gasteiger partial charge in [-0.05, 0) is 43.9 Å². The minimum absolute atomic E-state index is 0.245. The molecule has 1 aliphatic carbocycles. The summed E-state index contributed by atoms with van der Waals surface area (Å²) in [5.74, 6) is 0.753. The van der Waals surface area contributed by atoms with Crippen LogP contribution in [0.15, 0.2) is 0 Å². The van der Waals surface area contributed by atoms with E-state index in [0.717, 1.165) is 18.7 Å². The largest absolute Gasteiger partial charge is 0.460 e. The van der Waals surface area contributed by atoms with Crippen LogP contribution in [0.1, 0.15) is 76.4 Å². The quantitative estimate of drug-likeness (QED) is 0.800. The van der Waals surface area contributed by atoms with Gasteiger partial charge in [0.1, 0.15) is 5.82 Å². The zero-order chi connectivity index (χ0) is 15.8.